The van der Waals surface area contributed by atoms with Crippen LogP contribution in [0, 0.1) is 5.92 Å². The summed E-state index contributed by atoms with van der Waals surface area (Å²) < 4.78 is 11.2. The molecule has 0 unspecified atom stereocenters. The van der Waals surface area contributed by atoms with E-state index in [-0.39, 0.29) is 5.91 Å². The Labute approximate surface area is 145 Å². The van der Waals surface area contributed by atoms with E-state index in [1.54, 1.807) is 13.2 Å². The van der Waals surface area contributed by atoms with Gasteiger partial charge in [0.05, 0.1) is 13.7 Å². The first kappa shape index (κ1) is 18.6. The van der Waals surface area contributed by atoms with Crippen LogP contribution in [-0.2, 0) is 0 Å². The van der Waals surface area contributed by atoms with Crippen molar-refractivity contribution in [3.63, 3.8) is 0 Å². The summed E-state index contributed by atoms with van der Waals surface area (Å²) in [6.45, 7) is 11.6. The van der Waals surface area contributed by atoms with Crippen LogP contribution in [-0.4, -0.2) is 62.1 Å². The minimum absolute atomic E-state index is 0.0674. The molecule has 0 aromatic heterocycles. The Kier molecular flexibility index (Phi) is 6.91. The fourth-order valence-corrected chi connectivity index (χ4v) is 2.77. The molecule has 5 heteroatoms. The zero-order chi connectivity index (χ0) is 17.5. The van der Waals surface area contributed by atoms with Gasteiger partial charge >= 0.3 is 0 Å². The largest absolute Gasteiger partial charge is 0.493 e. The number of ether oxygens (including phenoxy) is 2. The molecule has 0 saturated carbocycles. The molecule has 134 valence electrons. The van der Waals surface area contributed by atoms with Crippen LogP contribution in [0.1, 0.15) is 37.6 Å². The highest BCUT2D eigenvalue weighted by Gasteiger charge is 2.22. The first-order valence-corrected chi connectivity index (χ1v) is 8.87. The van der Waals surface area contributed by atoms with E-state index in [0.717, 1.165) is 39.1 Å². The van der Waals surface area contributed by atoms with Gasteiger partial charge in [0.15, 0.2) is 11.5 Å². The van der Waals surface area contributed by atoms with E-state index in [0.29, 0.717) is 29.6 Å². The monoisotopic (exact) mass is 334 g/mol. The van der Waals surface area contributed by atoms with Gasteiger partial charge in [0, 0.05) is 31.7 Å². The fourth-order valence-electron chi connectivity index (χ4n) is 2.77. The van der Waals surface area contributed by atoms with Crippen LogP contribution in [0.15, 0.2) is 18.2 Å². The van der Waals surface area contributed by atoms with E-state index in [1.165, 1.54) is 0 Å². The lowest BCUT2D eigenvalue weighted by molar-refractivity contribution is 0.0643. The molecule has 1 amide bonds. The van der Waals surface area contributed by atoms with E-state index in [9.17, 15) is 4.79 Å². The third-order valence-corrected chi connectivity index (χ3v) is 4.47. The first-order valence-electron chi connectivity index (χ1n) is 8.87. The predicted octanol–water partition coefficient (Wildman–Crippen LogP) is 2.90. The number of carbonyl (C=O) groups is 1. The van der Waals surface area contributed by atoms with Crippen molar-refractivity contribution in [1.29, 1.82) is 0 Å². The van der Waals surface area contributed by atoms with Gasteiger partial charge in [0.1, 0.15) is 0 Å². The van der Waals surface area contributed by atoms with Gasteiger partial charge in [-0.1, -0.05) is 20.8 Å². The molecule has 1 fully saturated rings. The molecular weight excluding hydrogens is 304 g/mol. The number of nitrogens with zero attached hydrogens (tertiary/aromatic N) is 2. The van der Waals surface area contributed by atoms with Crippen molar-refractivity contribution >= 4 is 5.91 Å². The molecule has 0 aliphatic carbocycles. The molecule has 0 N–H and O–H groups in total. The third-order valence-electron chi connectivity index (χ3n) is 4.47. The lowest BCUT2D eigenvalue weighted by Gasteiger charge is -2.34. The molecule has 1 heterocycles. The second-order valence-corrected chi connectivity index (χ2v) is 6.62. The maximum absolute atomic E-state index is 12.7. The quantitative estimate of drug-likeness (QED) is 0.769. The standard InChI is InChI=1S/C19H30N2O3/c1-5-20-9-11-21(12-10-20)19(22)16-6-7-17(18(14-16)23-4)24-13-8-15(2)3/h6-7,14-15H,5,8-13H2,1-4H3. The van der Waals surface area contributed by atoms with Crippen molar-refractivity contribution in [2.45, 2.75) is 27.2 Å². The smallest absolute Gasteiger partial charge is 0.254 e. The minimum atomic E-state index is 0.0674. The van der Waals surface area contributed by atoms with Crippen LogP contribution >= 0.6 is 0 Å². The van der Waals surface area contributed by atoms with E-state index in [2.05, 4.69) is 25.7 Å². The number of methoxy groups -OCH3 is 1. The topological polar surface area (TPSA) is 42.0 Å². The van der Waals surface area contributed by atoms with Crippen molar-refractivity contribution in [2.24, 2.45) is 5.92 Å². The fraction of sp³-hybridized carbons (Fsp3) is 0.632. The Morgan fingerprint density at radius 3 is 2.46 bits per heavy atom. The number of hydrogen-bond acceptors (Lipinski definition) is 4. The summed E-state index contributed by atoms with van der Waals surface area (Å²) in [5.74, 6) is 1.98. The summed E-state index contributed by atoms with van der Waals surface area (Å²) in [5, 5.41) is 0. The molecule has 1 aliphatic rings. The summed E-state index contributed by atoms with van der Waals surface area (Å²) in [5.41, 5.74) is 0.660. The van der Waals surface area contributed by atoms with Gasteiger partial charge in [0.2, 0.25) is 0 Å². The molecule has 0 radical (unpaired) electrons. The second kappa shape index (κ2) is 8.92. The summed E-state index contributed by atoms with van der Waals surface area (Å²) in [7, 11) is 1.61. The lowest BCUT2D eigenvalue weighted by atomic mass is 10.1. The van der Waals surface area contributed by atoms with Crippen LogP contribution in [0.5, 0.6) is 11.5 Å². The van der Waals surface area contributed by atoms with E-state index >= 15 is 0 Å². The summed E-state index contributed by atoms with van der Waals surface area (Å²) in [6.07, 6.45) is 0.992. The number of hydrogen-bond donors (Lipinski definition) is 0. The molecule has 1 saturated heterocycles. The lowest BCUT2D eigenvalue weighted by Crippen LogP contribution is -2.48. The number of benzene rings is 1. The second-order valence-electron chi connectivity index (χ2n) is 6.62. The van der Waals surface area contributed by atoms with Crippen molar-refractivity contribution in [2.75, 3.05) is 46.4 Å². The van der Waals surface area contributed by atoms with Crippen LogP contribution in [0.3, 0.4) is 0 Å². The third kappa shape index (κ3) is 4.87. The Morgan fingerprint density at radius 2 is 1.88 bits per heavy atom. The highest BCUT2D eigenvalue weighted by Crippen LogP contribution is 2.29. The van der Waals surface area contributed by atoms with Gasteiger partial charge in [-0.15, -0.1) is 0 Å². The van der Waals surface area contributed by atoms with Crippen molar-refractivity contribution in [3.05, 3.63) is 23.8 Å². The van der Waals surface area contributed by atoms with Crippen LogP contribution < -0.4 is 9.47 Å². The Balaban J connectivity index is 2.01. The van der Waals surface area contributed by atoms with Crippen molar-refractivity contribution in [1.82, 2.24) is 9.80 Å². The Morgan fingerprint density at radius 1 is 1.17 bits per heavy atom. The maximum Gasteiger partial charge on any atom is 0.254 e. The van der Waals surface area contributed by atoms with Gasteiger partial charge in [-0.3, -0.25) is 4.79 Å². The summed E-state index contributed by atoms with van der Waals surface area (Å²) >= 11 is 0. The Bertz CT molecular complexity index is 537. The van der Waals surface area contributed by atoms with Crippen LogP contribution in [0.2, 0.25) is 0 Å². The average molecular weight is 334 g/mol. The van der Waals surface area contributed by atoms with Gasteiger partial charge in [-0.25, -0.2) is 0 Å². The van der Waals surface area contributed by atoms with E-state index < -0.39 is 0 Å². The Hall–Kier alpha value is -1.75. The van der Waals surface area contributed by atoms with E-state index in [1.807, 2.05) is 17.0 Å². The first-order chi connectivity index (χ1) is 11.5. The van der Waals surface area contributed by atoms with E-state index in [4.69, 9.17) is 9.47 Å². The molecule has 1 aromatic carbocycles. The van der Waals surface area contributed by atoms with Crippen LogP contribution in [0.4, 0.5) is 0 Å². The minimum Gasteiger partial charge on any atom is -0.493 e. The van der Waals surface area contributed by atoms with Gasteiger partial charge in [-0.05, 0) is 37.1 Å². The molecule has 2 rings (SSSR count). The average Bonchev–Trinajstić information content (AvgIpc) is 2.61. The number of piperazine rings is 1. The molecular formula is C19H30N2O3. The van der Waals surface area contributed by atoms with Crippen LogP contribution in [0.25, 0.3) is 0 Å². The number of amides is 1. The van der Waals surface area contributed by atoms with Gasteiger partial charge in [-0.2, -0.15) is 0 Å². The van der Waals surface area contributed by atoms with Gasteiger partial charge in [0.25, 0.3) is 5.91 Å². The normalized spacial score (nSPS) is 15.6. The summed E-state index contributed by atoms with van der Waals surface area (Å²) in [6, 6.07) is 5.47. The van der Waals surface area contributed by atoms with Gasteiger partial charge < -0.3 is 19.3 Å². The van der Waals surface area contributed by atoms with Crippen molar-refractivity contribution in [3.8, 4) is 11.5 Å². The molecule has 1 aromatic rings. The summed E-state index contributed by atoms with van der Waals surface area (Å²) in [4.78, 5) is 17.0. The highest BCUT2D eigenvalue weighted by molar-refractivity contribution is 5.95. The number of rotatable bonds is 7. The maximum atomic E-state index is 12.7. The zero-order valence-corrected chi connectivity index (χ0v) is 15.4. The zero-order valence-electron chi connectivity index (χ0n) is 15.4. The molecule has 0 bridgehead atoms. The SMILES string of the molecule is CCN1CCN(C(=O)c2ccc(OCCC(C)C)c(OC)c2)CC1. The molecule has 0 atom stereocenters. The molecule has 1 aliphatic heterocycles. The molecule has 0 spiro atoms. The molecule has 5 nitrogen and oxygen atoms in total. The number of likely N-dealkylation sites (N-methyl/N-ethyl adjacent to an activating group) is 1. The van der Waals surface area contributed by atoms with Crippen molar-refractivity contribution < 1.29 is 14.3 Å². The predicted molar refractivity (Wildman–Crippen MR) is 96.0 cm³/mol. The number of carbonyl (C=O) groups excluding carboxylic acids is 1. The highest BCUT2D eigenvalue weighted by atomic mass is 16.5. The molecule has 24 heavy (non-hydrogen) atoms.